The summed E-state index contributed by atoms with van der Waals surface area (Å²) < 4.78 is 5.71. The van der Waals surface area contributed by atoms with Crippen LogP contribution in [-0.4, -0.2) is 22.5 Å². The van der Waals surface area contributed by atoms with Crippen molar-refractivity contribution in [2.24, 2.45) is 0 Å². The fraction of sp³-hybridized carbons (Fsp3) is 0.118. The molecule has 0 radical (unpaired) electrons. The molecule has 3 N–H and O–H groups in total. The van der Waals surface area contributed by atoms with Crippen LogP contribution < -0.4 is 10.9 Å². The van der Waals surface area contributed by atoms with Crippen molar-refractivity contribution in [1.29, 1.82) is 0 Å². The Morgan fingerprint density at radius 2 is 1.55 bits per heavy atom. The van der Waals surface area contributed by atoms with Gasteiger partial charge in [0, 0.05) is 28.7 Å². The van der Waals surface area contributed by atoms with E-state index in [9.17, 15) is 14.7 Å². The van der Waals surface area contributed by atoms with Gasteiger partial charge in [-0.25, -0.2) is 4.79 Å². The van der Waals surface area contributed by atoms with Crippen LogP contribution in [0.2, 0.25) is 0 Å². The third-order valence-electron chi connectivity index (χ3n) is 7.35. The molecule has 2 heterocycles. The highest BCUT2D eigenvalue weighted by atomic mass is 16.4. The van der Waals surface area contributed by atoms with Crippen LogP contribution in [0, 0.1) is 6.92 Å². The molecule has 0 fully saturated rings. The number of nitrogens with one attached hydrogen (secondary N) is 2. The normalized spacial score (nSPS) is 12.0. The van der Waals surface area contributed by atoms with Gasteiger partial charge in [-0.05, 0) is 54.8 Å². The molecule has 1 unspecified atom stereocenters. The molecule has 198 valence electrons. The number of para-hydroxylation sites is 2. The fourth-order valence-corrected chi connectivity index (χ4v) is 5.37. The molecule has 6 aromatic rings. The van der Waals surface area contributed by atoms with Crippen molar-refractivity contribution in [2.75, 3.05) is 6.54 Å². The Balaban J connectivity index is 1.49. The molecule has 0 bridgehead atoms. The summed E-state index contributed by atoms with van der Waals surface area (Å²) in [5, 5.41) is 16.0. The Labute approximate surface area is 230 Å². The van der Waals surface area contributed by atoms with Crippen LogP contribution in [0.5, 0.6) is 5.75 Å². The minimum atomic E-state index is -0.631. The van der Waals surface area contributed by atoms with Crippen molar-refractivity contribution < 1.29 is 14.3 Å². The molecule has 6 heteroatoms. The van der Waals surface area contributed by atoms with Crippen LogP contribution >= 0.6 is 0 Å². The quantitative estimate of drug-likeness (QED) is 0.208. The molecule has 40 heavy (non-hydrogen) atoms. The SMILES string of the molecule is Cc1ccc(C(c2[nH]c3ccccc3c2CCNC(=O)c2ccccc2)c2c(O)c3ccccc3oc2=O)cc1. The largest absolute Gasteiger partial charge is 0.507 e. The first-order valence-corrected chi connectivity index (χ1v) is 13.2. The highest BCUT2D eigenvalue weighted by molar-refractivity contribution is 5.94. The van der Waals surface area contributed by atoms with Gasteiger partial charge >= 0.3 is 5.63 Å². The standard InChI is InChI=1S/C34H28N2O4/c1-21-15-17-22(18-16-21)29(30-32(37)26-12-6-8-14-28(26)40-34(30)39)31-25(24-11-5-7-13-27(24)36-31)19-20-35-33(38)23-9-3-2-4-10-23/h2-18,29,36-37H,19-20H2,1H3,(H,35,38). The zero-order chi connectivity index (χ0) is 27.6. The topological polar surface area (TPSA) is 95.3 Å². The number of carbonyl (C=O) groups is 1. The van der Waals surface area contributed by atoms with Gasteiger partial charge in [-0.2, -0.15) is 0 Å². The lowest BCUT2D eigenvalue weighted by atomic mass is 9.85. The third-order valence-corrected chi connectivity index (χ3v) is 7.35. The van der Waals surface area contributed by atoms with Crippen molar-refractivity contribution in [3.63, 3.8) is 0 Å². The Morgan fingerprint density at radius 1 is 0.875 bits per heavy atom. The van der Waals surface area contributed by atoms with Crippen LogP contribution in [0.15, 0.2) is 112 Å². The summed E-state index contributed by atoms with van der Waals surface area (Å²) in [5.41, 5.74) is 5.06. The number of amides is 1. The number of hydrogen-bond donors (Lipinski definition) is 3. The number of aromatic amines is 1. The highest BCUT2D eigenvalue weighted by Gasteiger charge is 2.30. The van der Waals surface area contributed by atoms with Gasteiger partial charge in [-0.1, -0.05) is 78.4 Å². The summed E-state index contributed by atoms with van der Waals surface area (Å²) in [7, 11) is 0. The number of benzene rings is 4. The van der Waals surface area contributed by atoms with Gasteiger partial charge in [0.2, 0.25) is 0 Å². The monoisotopic (exact) mass is 528 g/mol. The minimum Gasteiger partial charge on any atom is -0.507 e. The molecule has 4 aromatic carbocycles. The fourth-order valence-electron chi connectivity index (χ4n) is 5.37. The third kappa shape index (κ3) is 4.64. The summed E-state index contributed by atoms with van der Waals surface area (Å²) in [5.74, 6) is -0.877. The number of aryl methyl sites for hydroxylation is 1. The molecule has 6 nitrogen and oxygen atoms in total. The van der Waals surface area contributed by atoms with Crippen molar-refractivity contribution in [3.05, 3.63) is 147 Å². The zero-order valence-electron chi connectivity index (χ0n) is 22.0. The van der Waals surface area contributed by atoms with E-state index in [0.717, 1.165) is 33.3 Å². The summed E-state index contributed by atoms with van der Waals surface area (Å²) >= 11 is 0. The van der Waals surface area contributed by atoms with Gasteiger partial charge < -0.3 is 19.8 Å². The number of aromatic nitrogens is 1. The lowest BCUT2D eigenvalue weighted by Crippen LogP contribution is -2.26. The smallest absolute Gasteiger partial charge is 0.344 e. The van der Waals surface area contributed by atoms with Crippen molar-refractivity contribution in [2.45, 2.75) is 19.3 Å². The second-order valence-electron chi connectivity index (χ2n) is 9.93. The lowest BCUT2D eigenvalue weighted by Gasteiger charge is -2.20. The predicted octanol–water partition coefficient (Wildman–Crippen LogP) is 6.44. The molecule has 0 aliphatic carbocycles. The first kappa shape index (κ1) is 25.2. The Kier molecular flexibility index (Phi) is 6.66. The zero-order valence-corrected chi connectivity index (χ0v) is 22.0. The Bertz CT molecular complexity index is 1890. The number of hydrogen-bond acceptors (Lipinski definition) is 4. The number of carbonyl (C=O) groups excluding carboxylic acids is 1. The van der Waals surface area contributed by atoms with E-state index in [2.05, 4.69) is 10.3 Å². The summed E-state index contributed by atoms with van der Waals surface area (Å²) in [6.07, 6.45) is 0.514. The molecule has 1 amide bonds. The summed E-state index contributed by atoms with van der Waals surface area (Å²) in [6, 6.07) is 31.9. The summed E-state index contributed by atoms with van der Waals surface area (Å²) in [4.78, 5) is 29.8. The molecule has 0 saturated heterocycles. The first-order valence-electron chi connectivity index (χ1n) is 13.2. The maximum atomic E-state index is 13.5. The molecule has 2 aromatic heterocycles. The average molecular weight is 529 g/mol. The lowest BCUT2D eigenvalue weighted by molar-refractivity contribution is 0.0954. The van der Waals surface area contributed by atoms with Crippen LogP contribution in [-0.2, 0) is 6.42 Å². The molecule has 0 saturated carbocycles. The second kappa shape index (κ2) is 10.6. The molecular formula is C34H28N2O4. The predicted molar refractivity (Wildman–Crippen MR) is 157 cm³/mol. The molecule has 6 rings (SSSR count). The van der Waals surface area contributed by atoms with E-state index >= 15 is 0 Å². The van der Waals surface area contributed by atoms with Gasteiger partial charge in [-0.15, -0.1) is 0 Å². The van der Waals surface area contributed by atoms with Crippen LogP contribution in [0.1, 0.15) is 44.2 Å². The molecule has 0 aliphatic heterocycles. The molecular weight excluding hydrogens is 500 g/mol. The van der Waals surface area contributed by atoms with Gasteiger partial charge in [0.15, 0.2) is 0 Å². The highest BCUT2D eigenvalue weighted by Crippen LogP contribution is 2.41. The van der Waals surface area contributed by atoms with Gasteiger partial charge in [-0.3, -0.25) is 4.79 Å². The van der Waals surface area contributed by atoms with E-state index in [0.29, 0.717) is 29.5 Å². The number of rotatable bonds is 7. The van der Waals surface area contributed by atoms with Crippen molar-refractivity contribution in [1.82, 2.24) is 10.3 Å². The molecule has 0 spiro atoms. The summed E-state index contributed by atoms with van der Waals surface area (Å²) in [6.45, 7) is 2.39. The van der Waals surface area contributed by atoms with Crippen molar-refractivity contribution in [3.8, 4) is 5.75 Å². The van der Waals surface area contributed by atoms with E-state index in [1.807, 2.05) is 73.7 Å². The van der Waals surface area contributed by atoms with E-state index in [1.165, 1.54) is 0 Å². The molecule has 1 atom stereocenters. The number of H-pyrrole nitrogens is 1. The number of aromatic hydroxyl groups is 1. The van der Waals surface area contributed by atoms with Crippen LogP contribution in [0.4, 0.5) is 0 Å². The van der Waals surface area contributed by atoms with Crippen molar-refractivity contribution >= 4 is 27.8 Å². The Morgan fingerprint density at radius 3 is 2.33 bits per heavy atom. The maximum absolute atomic E-state index is 13.5. The Hall–Kier alpha value is -5.10. The van der Waals surface area contributed by atoms with Gasteiger partial charge in [0.1, 0.15) is 11.3 Å². The van der Waals surface area contributed by atoms with Crippen LogP contribution in [0.25, 0.3) is 21.9 Å². The average Bonchev–Trinajstić information content (AvgIpc) is 3.34. The first-order chi connectivity index (χ1) is 19.5. The van der Waals surface area contributed by atoms with Crippen LogP contribution in [0.3, 0.4) is 0 Å². The second-order valence-corrected chi connectivity index (χ2v) is 9.93. The van der Waals surface area contributed by atoms with Gasteiger partial charge in [0.05, 0.1) is 16.9 Å². The van der Waals surface area contributed by atoms with E-state index in [-0.39, 0.29) is 17.2 Å². The minimum absolute atomic E-state index is 0.0978. The van der Waals surface area contributed by atoms with E-state index in [4.69, 9.17) is 4.42 Å². The number of fused-ring (bicyclic) bond motifs is 2. The molecule has 0 aliphatic rings. The van der Waals surface area contributed by atoms with E-state index in [1.54, 1.807) is 36.4 Å². The van der Waals surface area contributed by atoms with Gasteiger partial charge in [0.25, 0.3) is 5.91 Å². The maximum Gasteiger partial charge on any atom is 0.344 e. The van der Waals surface area contributed by atoms with E-state index < -0.39 is 11.5 Å².